The fourth-order valence-corrected chi connectivity index (χ4v) is 6.58. The largest absolute Gasteiger partial charge is 0.504 e. The molecule has 3 fully saturated rings. The van der Waals surface area contributed by atoms with Gasteiger partial charge in [0.2, 0.25) is 5.91 Å². The first-order chi connectivity index (χ1) is 13.7. The molecule has 4 rings (SSSR count). The number of carbonyl (C=O) groups excluding carboxylic acids is 1. The van der Waals surface area contributed by atoms with Gasteiger partial charge < -0.3 is 19.9 Å². The molecule has 5 atom stereocenters. The van der Waals surface area contributed by atoms with Crippen molar-refractivity contribution in [1.82, 2.24) is 5.32 Å². The van der Waals surface area contributed by atoms with Crippen molar-refractivity contribution in [3.63, 3.8) is 0 Å². The summed E-state index contributed by atoms with van der Waals surface area (Å²) >= 11 is 0. The lowest BCUT2D eigenvalue weighted by Crippen LogP contribution is -2.59. The predicted molar refractivity (Wildman–Crippen MR) is 112 cm³/mol. The van der Waals surface area contributed by atoms with Crippen molar-refractivity contribution >= 4 is 5.91 Å². The van der Waals surface area contributed by atoms with E-state index in [4.69, 9.17) is 9.47 Å². The van der Waals surface area contributed by atoms with Gasteiger partial charge in [-0.15, -0.1) is 0 Å². The first-order valence-corrected chi connectivity index (χ1v) is 11.0. The number of phenolic OH excluding ortho intramolecular Hbond substituents is 1. The van der Waals surface area contributed by atoms with E-state index in [2.05, 4.69) is 33.0 Å². The molecule has 2 bridgehead atoms. The number of rotatable bonds is 5. The van der Waals surface area contributed by atoms with Gasteiger partial charge in [-0.2, -0.15) is 0 Å². The smallest absolute Gasteiger partial charge is 0.220 e. The minimum Gasteiger partial charge on any atom is -0.504 e. The number of fused-ring (bicyclic) bond motifs is 1. The van der Waals surface area contributed by atoms with Gasteiger partial charge in [0.1, 0.15) is 0 Å². The van der Waals surface area contributed by atoms with Gasteiger partial charge in [-0.1, -0.05) is 33.8 Å². The van der Waals surface area contributed by atoms with Crippen molar-refractivity contribution in [2.45, 2.75) is 65.5 Å². The van der Waals surface area contributed by atoms with Crippen LogP contribution in [0.3, 0.4) is 0 Å². The normalized spacial score (nSPS) is 34.8. The molecule has 2 aliphatic carbocycles. The fourth-order valence-electron chi connectivity index (χ4n) is 6.58. The van der Waals surface area contributed by atoms with Crippen LogP contribution in [-0.2, 0) is 9.53 Å². The van der Waals surface area contributed by atoms with Crippen molar-refractivity contribution in [3.8, 4) is 11.5 Å². The molecule has 0 unspecified atom stereocenters. The van der Waals surface area contributed by atoms with Crippen LogP contribution in [0.1, 0.15) is 65.0 Å². The van der Waals surface area contributed by atoms with Crippen molar-refractivity contribution in [3.05, 3.63) is 23.8 Å². The van der Waals surface area contributed by atoms with Gasteiger partial charge in [-0.3, -0.25) is 4.79 Å². The van der Waals surface area contributed by atoms with Crippen molar-refractivity contribution in [2.24, 2.45) is 28.6 Å². The lowest BCUT2D eigenvalue weighted by Gasteiger charge is -2.53. The molecule has 3 aliphatic rings. The quantitative estimate of drug-likeness (QED) is 0.765. The molecule has 1 saturated heterocycles. The topological polar surface area (TPSA) is 67.8 Å². The minimum absolute atomic E-state index is 0.0242. The Morgan fingerprint density at radius 1 is 1.38 bits per heavy atom. The molecule has 1 spiro atoms. The number of hydrogen-bond acceptors (Lipinski definition) is 4. The number of methoxy groups -OCH3 is 1. The Hall–Kier alpha value is -1.75. The first-order valence-electron chi connectivity index (χ1n) is 11.0. The van der Waals surface area contributed by atoms with Gasteiger partial charge in [0.05, 0.1) is 13.2 Å². The van der Waals surface area contributed by atoms with Gasteiger partial charge in [-0.05, 0) is 65.5 Å². The Labute approximate surface area is 174 Å². The van der Waals surface area contributed by atoms with Crippen molar-refractivity contribution in [2.75, 3.05) is 13.7 Å². The molecular weight excluding hydrogens is 366 g/mol. The van der Waals surface area contributed by atoms with Crippen molar-refractivity contribution in [1.29, 1.82) is 0 Å². The minimum atomic E-state index is -0.0242. The first kappa shape index (κ1) is 20.5. The second kappa shape index (κ2) is 7.19. The average molecular weight is 402 g/mol. The number of nitrogens with one attached hydrogen (secondary N) is 1. The molecular formula is C24H35NO4. The molecule has 29 heavy (non-hydrogen) atoms. The Balaban J connectivity index is 1.65. The molecule has 1 heterocycles. The van der Waals surface area contributed by atoms with E-state index in [1.54, 1.807) is 13.2 Å². The summed E-state index contributed by atoms with van der Waals surface area (Å²) in [6.45, 7) is 9.54. The van der Waals surface area contributed by atoms with E-state index in [9.17, 15) is 9.90 Å². The van der Waals surface area contributed by atoms with E-state index < -0.39 is 0 Å². The van der Waals surface area contributed by atoms with Crippen LogP contribution < -0.4 is 10.1 Å². The van der Waals surface area contributed by atoms with Gasteiger partial charge in [0.15, 0.2) is 11.5 Å². The number of hydrogen-bond donors (Lipinski definition) is 2. The molecule has 1 aromatic rings. The standard InChI is InChI=1S/C24H35NO4/c1-14(2)10-20(27)25-22-23(3,4)16-12-17-21(29-9-8-24(17,22)13-16)15-6-7-18(26)19(11-15)28-5/h6-7,11,14,16-17,21-22,26H,8-10,12-13H2,1-5H3,(H,25,27)/t16-,17-,21-,22-,24-/m1/s1. The highest BCUT2D eigenvalue weighted by atomic mass is 16.5. The monoisotopic (exact) mass is 401 g/mol. The predicted octanol–water partition coefficient (Wildman–Crippen LogP) is 4.45. The third-order valence-electron chi connectivity index (χ3n) is 7.94. The Morgan fingerprint density at radius 2 is 2.14 bits per heavy atom. The summed E-state index contributed by atoms with van der Waals surface area (Å²) in [4.78, 5) is 12.7. The Kier molecular flexibility index (Phi) is 5.09. The third-order valence-corrected chi connectivity index (χ3v) is 7.94. The molecule has 0 radical (unpaired) electrons. The molecule has 2 N–H and O–H groups in total. The zero-order valence-corrected chi connectivity index (χ0v) is 18.3. The van der Waals surface area contributed by atoms with Gasteiger partial charge in [0, 0.05) is 19.1 Å². The molecule has 1 amide bonds. The van der Waals surface area contributed by atoms with E-state index in [1.165, 1.54) is 0 Å². The number of carbonyl (C=O) groups is 1. The highest BCUT2D eigenvalue weighted by Crippen LogP contribution is 2.70. The van der Waals surface area contributed by atoms with Gasteiger partial charge in [0.25, 0.3) is 0 Å². The highest BCUT2D eigenvalue weighted by molar-refractivity contribution is 5.76. The maximum atomic E-state index is 12.7. The number of ether oxygens (including phenoxy) is 2. The number of amides is 1. The lowest BCUT2D eigenvalue weighted by molar-refractivity contribution is -0.137. The zero-order chi connectivity index (χ0) is 21.0. The van der Waals surface area contributed by atoms with E-state index in [0.717, 1.165) is 24.8 Å². The third kappa shape index (κ3) is 3.22. The van der Waals surface area contributed by atoms with Crippen LogP contribution in [0.25, 0.3) is 0 Å². The van der Waals surface area contributed by atoms with E-state index in [0.29, 0.717) is 36.5 Å². The number of aromatic hydroxyl groups is 1. The average Bonchev–Trinajstić information content (AvgIpc) is 3.14. The molecule has 1 aromatic carbocycles. The summed E-state index contributed by atoms with van der Waals surface area (Å²) in [6, 6.07) is 5.72. The molecule has 160 valence electrons. The summed E-state index contributed by atoms with van der Waals surface area (Å²) in [5.74, 6) is 2.11. The second-order valence-electron chi connectivity index (χ2n) is 10.4. The molecule has 5 nitrogen and oxygen atoms in total. The second-order valence-corrected chi connectivity index (χ2v) is 10.4. The SMILES string of the molecule is COc1cc([C@H]2OCC[C@@]34C[C@@H](C[C@H]23)C(C)(C)[C@H]4NC(=O)CC(C)C)ccc1O. The summed E-state index contributed by atoms with van der Waals surface area (Å²) in [5, 5.41) is 13.5. The molecule has 1 aliphatic heterocycles. The lowest BCUT2D eigenvalue weighted by atomic mass is 9.58. The summed E-state index contributed by atoms with van der Waals surface area (Å²) in [7, 11) is 1.57. The summed E-state index contributed by atoms with van der Waals surface area (Å²) in [5.41, 5.74) is 1.23. The van der Waals surface area contributed by atoms with Crippen LogP contribution in [-0.4, -0.2) is 30.8 Å². The van der Waals surface area contributed by atoms with Crippen molar-refractivity contribution < 1.29 is 19.4 Å². The molecule has 0 aromatic heterocycles. The maximum absolute atomic E-state index is 12.7. The summed E-state index contributed by atoms with van der Waals surface area (Å²) in [6.07, 6.45) is 3.83. The number of phenols is 1. The maximum Gasteiger partial charge on any atom is 0.220 e. The van der Waals surface area contributed by atoms with Crippen LogP contribution >= 0.6 is 0 Å². The number of benzene rings is 1. The highest BCUT2D eigenvalue weighted by Gasteiger charge is 2.68. The molecule has 2 saturated carbocycles. The van der Waals surface area contributed by atoms with E-state index in [1.807, 2.05) is 12.1 Å². The van der Waals surface area contributed by atoms with E-state index in [-0.39, 0.29) is 34.6 Å². The zero-order valence-electron chi connectivity index (χ0n) is 18.3. The van der Waals surface area contributed by atoms with Crippen LogP contribution in [0, 0.1) is 28.6 Å². The Bertz CT molecular complexity index is 789. The van der Waals surface area contributed by atoms with Crippen LogP contribution in [0.4, 0.5) is 0 Å². The van der Waals surface area contributed by atoms with Crippen LogP contribution in [0.5, 0.6) is 11.5 Å². The van der Waals surface area contributed by atoms with Crippen LogP contribution in [0.2, 0.25) is 0 Å². The molecule has 5 heteroatoms. The summed E-state index contributed by atoms with van der Waals surface area (Å²) < 4.78 is 11.6. The fraction of sp³-hybridized carbons (Fsp3) is 0.708. The van der Waals surface area contributed by atoms with Gasteiger partial charge >= 0.3 is 0 Å². The Morgan fingerprint density at radius 3 is 2.83 bits per heavy atom. The van der Waals surface area contributed by atoms with E-state index >= 15 is 0 Å². The van der Waals surface area contributed by atoms with Crippen LogP contribution in [0.15, 0.2) is 18.2 Å². The van der Waals surface area contributed by atoms with Gasteiger partial charge in [-0.25, -0.2) is 0 Å².